The molecule has 1 aromatic carbocycles. The van der Waals surface area contributed by atoms with Gasteiger partial charge in [-0.05, 0) is 37.5 Å². The number of nitrogens with one attached hydrogen (secondary N) is 1. The van der Waals surface area contributed by atoms with Gasteiger partial charge in [0.15, 0.2) is 0 Å². The van der Waals surface area contributed by atoms with E-state index in [0.29, 0.717) is 5.56 Å². The maximum atomic E-state index is 13.1. The van der Waals surface area contributed by atoms with Crippen LogP contribution < -0.4 is 11.1 Å². The Bertz CT molecular complexity index is 388. The molecule has 1 aliphatic carbocycles. The van der Waals surface area contributed by atoms with Gasteiger partial charge >= 0.3 is 0 Å². The fraction of sp³-hybridized carbons (Fsp3) is 0.364. The molecule has 0 bridgehead atoms. The van der Waals surface area contributed by atoms with Crippen LogP contribution in [0.1, 0.15) is 29.6 Å². The number of rotatable bonds is 2. The van der Waals surface area contributed by atoms with Crippen LogP contribution in [0.5, 0.6) is 0 Å². The summed E-state index contributed by atoms with van der Waals surface area (Å²) in [6, 6.07) is 4.37. The van der Waals surface area contributed by atoms with Crippen molar-refractivity contribution < 1.29 is 9.18 Å². The van der Waals surface area contributed by atoms with Gasteiger partial charge in [-0.15, -0.1) is 0 Å². The third-order valence-corrected chi connectivity index (χ3v) is 2.70. The van der Waals surface area contributed by atoms with Crippen LogP contribution in [0.15, 0.2) is 18.2 Å². The summed E-state index contributed by atoms with van der Waals surface area (Å²) in [5, 5.41) is 2.83. The zero-order valence-corrected chi connectivity index (χ0v) is 8.29. The van der Waals surface area contributed by atoms with Gasteiger partial charge in [0.1, 0.15) is 5.82 Å². The van der Waals surface area contributed by atoms with Gasteiger partial charge in [-0.1, -0.05) is 0 Å². The van der Waals surface area contributed by atoms with Gasteiger partial charge in [-0.2, -0.15) is 0 Å². The molecule has 1 aliphatic rings. The highest BCUT2D eigenvalue weighted by molar-refractivity contribution is 5.94. The molecule has 1 saturated carbocycles. The van der Waals surface area contributed by atoms with Crippen LogP contribution in [0.2, 0.25) is 0 Å². The lowest BCUT2D eigenvalue weighted by Gasteiger charge is -2.26. The number of halogens is 1. The van der Waals surface area contributed by atoms with Crippen LogP contribution >= 0.6 is 0 Å². The predicted molar refractivity (Wildman–Crippen MR) is 55.9 cm³/mol. The van der Waals surface area contributed by atoms with Crippen LogP contribution in [-0.2, 0) is 0 Å². The molecule has 1 fully saturated rings. The smallest absolute Gasteiger partial charge is 0.251 e. The monoisotopic (exact) mass is 208 g/mol. The Morgan fingerprint density at radius 2 is 2.20 bits per heavy atom. The topological polar surface area (TPSA) is 55.1 Å². The van der Waals surface area contributed by atoms with Gasteiger partial charge in [0.25, 0.3) is 5.91 Å². The largest absolute Gasteiger partial charge is 0.396 e. The van der Waals surface area contributed by atoms with Crippen molar-refractivity contribution in [3.05, 3.63) is 29.6 Å². The number of nitrogen functional groups attached to an aromatic ring is 1. The minimum absolute atomic E-state index is 0.0650. The van der Waals surface area contributed by atoms with E-state index in [1.54, 1.807) is 0 Å². The van der Waals surface area contributed by atoms with Gasteiger partial charge in [0.05, 0.1) is 5.69 Å². The van der Waals surface area contributed by atoms with Crippen LogP contribution in [-0.4, -0.2) is 11.9 Å². The summed E-state index contributed by atoms with van der Waals surface area (Å²) < 4.78 is 13.1. The molecule has 0 aromatic heterocycles. The Kier molecular flexibility index (Phi) is 2.58. The zero-order chi connectivity index (χ0) is 10.8. The first kappa shape index (κ1) is 9.96. The molecule has 1 aromatic rings. The summed E-state index contributed by atoms with van der Waals surface area (Å²) in [6.07, 6.45) is 3.19. The zero-order valence-electron chi connectivity index (χ0n) is 8.29. The summed E-state index contributed by atoms with van der Waals surface area (Å²) in [5.41, 5.74) is 5.71. The summed E-state index contributed by atoms with van der Waals surface area (Å²) >= 11 is 0. The average molecular weight is 208 g/mol. The quantitative estimate of drug-likeness (QED) is 0.727. The average Bonchev–Trinajstić information content (AvgIpc) is 2.15. The molecule has 0 saturated heterocycles. The third-order valence-electron chi connectivity index (χ3n) is 2.70. The lowest BCUT2D eigenvalue weighted by molar-refractivity contribution is 0.0916. The molecule has 3 nitrogen and oxygen atoms in total. The van der Waals surface area contributed by atoms with Crippen LogP contribution in [0.4, 0.5) is 10.1 Å². The maximum Gasteiger partial charge on any atom is 0.251 e. The Balaban J connectivity index is 2.07. The van der Waals surface area contributed by atoms with E-state index in [1.165, 1.54) is 18.2 Å². The molecule has 15 heavy (non-hydrogen) atoms. The highest BCUT2D eigenvalue weighted by Crippen LogP contribution is 2.19. The molecule has 1 amide bonds. The minimum atomic E-state index is -0.545. The van der Waals surface area contributed by atoms with Gasteiger partial charge in [0.2, 0.25) is 0 Å². The molecule has 0 aliphatic heterocycles. The Morgan fingerprint density at radius 1 is 1.47 bits per heavy atom. The number of anilines is 1. The Morgan fingerprint density at radius 3 is 2.73 bits per heavy atom. The van der Waals surface area contributed by atoms with Crippen LogP contribution in [0.25, 0.3) is 0 Å². The predicted octanol–water partition coefficient (Wildman–Crippen LogP) is 1.69. The molecule has 2 rings (SSSR count). The van der Waals surface area contributed by atoms with E-state index in [2.05, 4.69) is 5.32 Å². The molecule has 0 radical (unpaired) electrons. The first-order chi connectivity index (χ1) is 7.16. The SMILES string of the molecule is Nc1ccc(C(=O)NC2CCC2)cc1F. The number of carbonyl (C=O) groups is 1. The molecule has 0 unspecified atom stereocenters. The number of hydrogen-bond acceptors (Lipinski definition) is 2. The fourth-order valence-electron chi connectivity index (χ4n) is 1.49. The van der Waals surface area contributed by atoms with Gasteiger partial charge in [-0.3, -0.25) is 4.79 Å². The van der Waals surface area contributed by atoms with Crippen molar-refractivity contribution >= 4 is 11.6 Å². The minimum Gasteiger partial charge on any atom is -0.396 e. The van der Waals surface area contributed by atoms with Crippen LogP contribution in [0.3, 0.4) is 0 Å². The Hall–Kier alpha value is -1.58. The molecule has 0 atom stereocenters. The van der Waals surface area contributed by atoms with Crippen molar-refractivity contribution in [2.45, 2.75) is 25.3 Å². The van der Waals surface area contributed by atoms with Crippen molar-refractivity contribution in [1.29, 1.82) is 0 Å². The second kappa shape index (κ2) is 3.88. The molecular formula is C11H13FN2O. The van der Waals surface area contributed by atoms with Crippen molar-refractivity contribution in [3.63, 3.8) is 0 Å². The first-order valence-electron chi connectivity index (χ1n) is 5.02. The maximum absolute atomic E-state index is 13.1. The third kappa shape index (κ3) is 2.09. The van der Waals surface area contributed by atoms with E-state index in [4.69, 9.17) is 5.73 Å². The molecule has 0 heterocycles. The van der Waals surface area contributed by atoms with Gasteiger partial charge in [0, 0.05) is 11.6 Å². The standard InChI is InChI=1S/C11H13FN2O/c12-9-6-7(4-5-10(9)13)11(15)14-8-2-1-3-8/h4-6,8H,1-3,13H2,(H,14,15). The van der Waals surface area contributed by atoms with E-state index in [9.17, 15) is 9.18 Å². The Labute approximate surface area is 87.5 Å². The highest BCUT2D eigenvalue weighted by Gasteiger charge is 2.20. The van der Waals surface area contributed by atoms with Gasteiger partial charge in [-0.25, -0.2) is 4.39 Å². The van der Waals surface area contributed by atoms with E-state index in [1.807, 2.05) is 0 Å². The van der Waals surface area contributed by atoms with Crippen molar-refractivity contribution in [3.8, 4) is 0 Å². The normalized spacial score (nSPS) is 15.8. The fourth-order valence-corrected chi connectivity index (χ4v) is 1.49. The lowest BCUT2D eigenvalue weighted by Crippen LogP contribution is -2.39. The van der Waals surface area contributed by atoms with Crippen molar-refractivity contribution in [1.82, 2.24) is 5.32 Å². The molecule has 3 N–H and O–H groups in total. The molecule has 0 spiro atoms. The van der Waals surface area contributed by atoms with Crippen molar-refractivity contribution in [2.24, 2.45) is 0 Å². The summed E-state index contributed by atoms with van der Waals surface area (Å²) in [6.45, 7) is 0. The van der Waals surface area contributed by atoms with E-state index in [0.717, 1.165) is 19.3 Å². The molecular weight excluding hydrogens is 195 g/mol. The van der Waals surface area contributed by atoms with E-state index in [-0.39, 0.29) is 17.6 Å². The van der Waals surface area contributed by atoms with E-state index >= 15 is 0 Å². The number of carbonyl (C=O) groups excluding carboxylic acids is 1. The van der Waals surface area contributed by atoms with E-state index < -0.39 is 5.82 Å². The van der Waals surface area contributed by atoms with Crippen LogP contribution in [0, 0.1) is 5.82 Å². The molecule has 80 valence electrons. The number of benzene rings is 1. The highest BCUT2D eigenvalue weighted by atomic mass is 19.1. The van der Waals surface area contributed by atoms with Crippen molar-refractivity contribution in [2.75, 3.05) is 5.73 Å². The summed E-state index contributed by atoms with van der Waals surface area (Å²) in [7, 11) is 0. The second-order valence-electron chi connectivity index (χ2n) is 3.84. The number of amides is 1. The lowest BCUT2D eigenvalue weighted by atomic mass is 9.93. The van der Waals surface area contributed by atoms with Gasteiger partial charge < -0.3 is 11.1 Å². The number of nitrogens with two attached hydrogens (primary N) is 1. The first-order valence-corrected chi connectivity index (χ1v) is 5.02. The molecule has 4 heteroatoms. The summed E-state index contributed by atoms with van der Waals surface area (Å²) in [4.78, 5) is 11.6. The second-order valence-corrected chi connectivity index (χ2v) is 3.84. The number of hydrogen-bond donors (Lipinski definition) is 2. The summed E-state index contributed by atoms with van der Waals surface area (Å²) in [5.74, 6) is -0.769.